The third-order valence-electron chi connectivity index (χ3n) is 6.51. The molecule has 0 bridgehead atoms. The van der Waals surface area contributed by atoms with Crippen LogP contribution in [0, 0.1) is 5.82 Å². The number of nitrogens with one attached hydrogen (secondary N) is 2. The number of halogens is 1. The van der Waals surface area contributed by atoms with Gasteiger partial charge in [-0.25, -0.2) is 4.39 Å². The van der Waals surface area contributed by atoms with Crippen molar-refractivity contribution in [1.82, 2.24) is 25.3 Å². The number of rotatable bonds is 5. The van der Waals surface area contributed by atoms with Gasteiger partial charge in [-0.05, 0) is 37.5 Å². The molecular weight excluding hydrogens is 413 g/mol. The first-order valence-electron chi connectivity index (χ1n) is 11.0. The molecule has 2 N–H and O–H groups in total. The lowest BCUT2D eigenvalue weighted by molar-refractivity contribution is -0.133. The highest BCUT2D eigenvalue weighted by molar-refractivity contribution is 6.01. The summed E-state index contributed by atoms with van der Waals surface area (Å²) in [5.74, 6) is -1.43. The summed E-state index contributed by atoms with van der Waals surface area (Å²) < 4.78 is 14.8. The number of likely N-dealkylation sites (N-methyl/N-ethyl adjacent to an activating group) is 1. The zero-order chi connectivity index (χ0) is 22.9. The van der Waals surface area contributed by atoms with E-state index in [4.69, 9.17) is 0 Å². The zero-order valence-electron chi connectivity index (χ0n) is 18.4. The Morgan fingerprint density at radius 3 is 2.69 bits per heavy atom. The van der Waals surface area contributed by atoms with Gasteiger partial charge in [0.25, 0.3) is 11.8 Å². The van der Waals surface area contributed by atoms with Crippen molar-refractivity contribution in [2.24, 2.45) is 0 Å². The summed E-state index contributed by atoms with van der Waals surface area (Å²) in [5, 5.41) is 10.1. The Bertz CT molecular complexity index is 1050. The van der Waals surface area contributed by atoms with E-state index >= 15 is 0 Å². The second-order valence-corrected chi connectivity index (χ2v) is 8.83. The maximum absolute atomic E-state index is 13.3. The maximum Gasteiger partial charge on any atom is 0.272 e. The SMILES string of the molecule is CN1C(=O)c2cc(C(=O)NCc3cccc(F)c3)nn2C[C@]1(C)C(=O)NC1CCCCC1. The van der Waals surface area contributed by atoms with Crippen molar-refractivity contribution in [3.05, 3.63) is 53.1 Å². The molecule has 1 aromatic carbocycles. The highest BCUT2D eigenvalue weighted by atomic mass is 19.1. The van der Waals surface area contributed by atoms with Gasteiger partial charge in [0.1, 0.15) is 17.1 Å². The van der Waals surface area contributed by atoms with Crippen LogP contribution in [-0.2, 0) is 17.9 Å². The van der Waals surface area contributed by atoms with Crippen LogP contribution in [0.4, 0.5) is 4.39 Å². The molecule has 0 unspecified atom stereocenters. The van der Waals surface area contributed by atoms with Crippen molar-refractivity contribution in [3.63, 3.8) is 0 Å². The molecule has 2 aliphatic rings. The number of benzene rings is 1. The smallest absolute Gasteiger partial charge is 0.272 e. The normalized spacial score (nSPS) is 21.2. The van der Waals surface area contributed by atoms with E-state index in [1.165, 1.54) is 34.2 Å². The van der Waals surface area contributed by atoms with E-state index in [1.807, 2.05) is 0 Å². The first kappa shape index (κ1) is 22.0. The summed E-state index contributed by atoms with van der Waals surface area (Å²) in [5.41, 5.74) is -0.158. The monoisotopic (exact) mass is 441 g/mol. The molecule has 0 saturated heterocycles. The molecule has 1 atom stereocenters. The molecule has 4 rings (SSSR count). The van der Waals surface area contributed by atoms with Gasteiger partial charge in [-0.15, -0.1) is 0 Å². The summed E-state index contributed by atoms with van der Waals surface area (Å²) in [6.45, 7) is 2.01. The summed E-state index contributed by atoms with van der Waals surface area (Å²) in [4.78, 5) is 40.1. The van der Waals surface area contributed by atoms with Gasteiger partial charge in [-0.2, -0.15) is 5.10 Å². The molecule has 170 valence electrons. The highest BCUT2D eigenvalue weighted by Crippen LogP contribution is 2.27. The summed E-state index contributed by atoms with van der Waals surface area (Å²) in [6.07, 6.45) is 5.26. The van der Waals surface area contributed by atoms with Crippen molar-refractivity contribution in [1.29, 1.82) is 0 Å². The predicted octanol–water partition coefficient (Wildman–Crippen LogP) is 2.25. The van der Waals surface area contributed by atoms with E-state index in [9.17, 15) is 18.8 Å². The average Bonchev–Trinajstić information content (AvgIpc) is 3.20. The second kappa shape index (κ2) is 8.72. The van der Waals surface area contributed by atoms with Gasteiger partial charge in [0.15, 0.2) is 5.69 Å². The van der Waals surface area contributed by atoms with E-state index in [2.05, 4.69) is 15.7 Å². The van der Waals surface area contributed by atoms with Gasteiger partial charge in [0.2, 0.25) is 5.91 Å². The first-order valence-corrected chi connectivity index (χ1v) is 11.0. The molecule has 1 aliphatic heterocycles. The lowest BCUT2D eigenvalue weighted by Crippen LogP contribution is -2.63. The summed E-state index contributed by atoms with van der Waals surface area (Å²) in [7, 11) is 1.60. The third-order valence-corrected chi connectivity index (χ3v) is 6.51. The lowest BCUT2D eigenvalue weighted by atomic mass is 9.92. The maximum atomic E-state index is 13.3. The number of carbonyl (C=O) groups excluding carboxylic acids is 3. The molecule has 1 aliphatic carbocycles. The number of nitrogens with zero attached hydrogens (tertiary/aromatic N) is 3. The van der Waals surface area contributed by atoms with Crippen molar-refractivity contribution in [2.45, 2.75) is 63.7 Å². The number of aromatic nitrogens is 2. The molecule has 2 heterocycles. The molecule has 1 fully saturated rings. The van der Waals surface area contributed by atoms with Crippen LogP contribution in [0.15, 0.2) is 30.3 Å². The van der Waals surface area contributed by atoms with Crippen LogP contribution in [0.25, 0.3) is 0 Å². The fourth-order valence-corrected chi connectivity index (χ4v) is 4.35. The van der Waals surface area contributed by atoms with Crippen LogP contribution in [0.5, 0.6) is 0 Å². The van der Waals surface area contributed by atoms with Crippen molar-refractivity contribution in [3.8, 4) is 0 Å². The van der Waals surface area contributed by atoms with Crippen LogP contribution in [0.1, 0.15) is 65.6 Å². The Balaban J connectivity index is 1.48. The fourth-order valence-electron chi connectivity index (χ4n) is 4.35. The lowest BCUT2D eigenvalue weighted by Gasteiger charge is -2.41. The molecule has 1 saturated carbocycles. The predicted molar refractivity (Wildman–Crippen MR) is 115 cm³/mol. The Labute approximate surface area is 186 Å². The van der Waals surface area contributed by atoms with Gasteiger partial charge in [0, 0.05) is 25.7 Å². The Morgan fingerprint density at radius 1 is 1.22 bits per heavy atom. The number of hydrogen-bond donors (Lipinski definition) is 2. The van der Waals surface area contributed by atoms with Gasteiger partial charge in [0.05, 0.1) is 6.54 Å². The molecule has 32 heavy (non-hydrogen) atoms. The van der Waals surface area contributed by atoms with Crippen LogP contribution in [0.2, 0.25) is 0 Å². The van der Waals surface area contributed by atoms with E-state index in [1.54, 1.807) is 26.1 Å². The number of carbonyl (C=O) groups is 3. The summed E-state index contributed by atoms with van der Waals surface area (Å²) >= 11 is 0. The van der Waals surface area contributed by atoms with Gasteiger partial charge in [-0.1, -0.05) is 31.4 Å². The van der Waals surface area contributed by atoms with E-state index in [-0.39, 0.29) is 48.2 Å². The van der Waals surface area contributed by atoms with E-state index < -0.39 is 11.4 Å². The highest BCUT2D eigenvalue weighted by Gasteiger charge is 2.46. The van der Waals surface area contributed by atoms with Gasteiger partial charge in [-0.3, -0.25) is 19.1 Å². The Kier molecular flexibility index (Phi) is 5.99. The van der Waals surface area contributed by atoms with Gasteiger partial charge >= 0.3 is 0 Å². The van der Waals surface area contributed by atoms with Crippen LogP contribution < -0.4 is 10.6 Å². The van der Waals surface area contributed by atoms with Crippen LogP contribution >= 0.6 is 0 Å². The second-order valence-electron chi connectivity index (χ2n) is 8.83. The first-order chi connectivity index (χ1) is 15.3. The minimum atomic E-state index is -1.11. The standard InChI is InChI=1S/C23H28FN5O3/c1-23(22(32)26-17-9-4-3-5-10-17)14-29-19(21(31)28(23)2)12-18(27-29)20(30)25-13-15-7-6-8-16(24)11-15/h6-8,11-12,17H,3-5,9-10,13-14H2,1-2H3,(H,25,30)(H,26,32)/t23-/m1/s1. The molecule has 8 nitrogen and oxygen atoms in total. The van der Waals surface area contributed by atoms with Crippen LogP contribution in [0.3, 0.4) is 0 Å². The average molecular weight is 442 g/mol. The zero-order valence-corrected chi connectivity index (χ0v) is 18.4. The van der Waals surface area contributed by atoms with E-state index in [0.717, 1.165) is 25.7 Å². The van der Waals surface area contributed by atoms with Crippen molar-refractivity contribution < 1.29 is 18.8 Å². The minimum absolute atomic E-state index is 0.0788. The molecule has 1 aromatic heterocycles. The molecule has 9 heteroatoms. The molecule has 3 amide bonds. The molecular formula is C23H28FN5O3. The van der Waals surface area contributed by atoms with Crippen molar-refractivity contribution in [2.75, 3.05) is 7.05 Å². The number of amides is 3. The molecule has 0 spiro atoms. The molecule has 0 radical (unpaired) electrons. The number of fused-ring (bicyclic) bond motifs is 1. The minimum Gasteiger partial charge on any atom is -0.351 e. The quantitative estimate of drug-likeness (QED) is 0.744. The number of hydrogen-bond acceptors (Lipinski definition) is 4. The molecule has 2 aromatic rings. The Morgan fingerprint density at radius 2 is 1.97 bits per heavy atom. The van der Waals surface area contributed by atoms with E-state index in [0.29, 0.717) is 5.56 Å². The fraction of sp³-hybridized carbons (Fsp3) is 0.478. The van der Waals surface area contributed by atoms with Gasteiger partial charge < -0.3 is 15.5 Å². The third kappa shape index (κ3) is 4.24. The Hall–Kier alpha value is -3.23. The largest absolute Gasteiger partial charge is 0.351 e. The van der Waals surface area contributed by atoms with Crippen LogP contribution in [-0.4, -0.2) is 51.0 Å². The topological polar surface area (TPSA) is 96.3 Å². The summed E-state index contributed by atoms with van der Waals surface area (Å²) in [6, 6.07) is 7.50. The van der Waals surface area contributed by atoms with Crippen molar-refractivity contribution >= 4 is 17.7 Å².